The monoisotopic (exact) mass is 394 g/mol. The summed E-state index contributed by atoms with van der Waals surface area (Å²) in [6, 6.07) is 18.1. The molecule has 6 heteroatoms. The van der Waals surface area contributed by atoms with Crippen LogP contribution in [-0.2, 0) is 11.3 Å². The van der Waals surface area contributed by atoms with Gasteiger partial charge < -0.3 is 4.90 Å². The van der Waals surface area contributed by atoms with Crippen molar-refractivity contribution in [3.05, 3.63) is 65.7 Å². The largest absolute Gasteiger partial charge is 0.378 e. The van der Waals surface area contributed by atoms with Gasteiger partial charge in [-0.2, -0.15) is 5.10 Å². The summed E-state index contributed by atoms with van der Waals surface area (Å²) in [5, 5.41) is 9.24. The predicted octanol–water partition coefficient (Wildman–Crippen LogP) is 4.39. The molecule has 0 N–H and O–H groups in total. The van der Waals surface area contributed by atoms with E-state index in [1.165, 1.54) is 11.8 Å². The van der Waals surface area contributed by atoms with E-state index in [1.807, 2.05) is 68.7 Å². The highest BCUT2D eigenvalue weighted by molar-refractivity contribution is 8.15. The molecule has 1 heterocycles. The predicted molar refractivity (Wildman–Crippen MR) is 119 cm³/mol. The number of carbonyl (C=O) groups excluding carboxylic acids is 1. The molecule has 1 saturated heterocycles. The fourth-order valence-electron chi connectivity index (χ4n) is 2.95. The molecule has 5 nitrogen and oxygen atoms in total. The third-order valence-electron chi connectivity index (χ3n) is 4.51. The average molecular weight is 395 g/mol. The van der Waals surface area contributed by atoms with E-state index in [9.17, 15) is 4.79 Å². The third-order valence-corrected chi connectivity index (χ3v) is 5.75. The first kappa shape index (κ1) is 20.1. The SMILES string of the molecule is CCCC1S/C(=N\N=C\c2ccc(N(C)C)cc2)N(Cc2ccccc2)C1=O. The van der Waals surface area contributed by atoms with Gasteiger partial charge in [0, 0.05) is 19.8 Å². The molecular weight excluding hydrogens is 368 g/mol. The van der Waals surface area contributed by atoms with Crippen molar-refractivity contribution < 1.29 is 4.79 Å². The molecular formula is C22H26N4OS. The summed E-state index contributed by atoms with van der Waals surface area (Å²) < 4.78 is 0. The first-order valence-corrected chi connectivity index (χ1v) is 10.4. The number of benzene rings is 2. The van der Waals surface area contributed by atoms with Gasteiger partial charge in [-0.1, -0.05) is 67.6 Å². The zero-order valence-corrected chi connectivity index (χ0v) is 17.4. The highest BCUT2D eigenvalue weighted by atomic mass is 32.2. The van der Waals surface area contributed by atoms with Crippen LogP contribution >= 0.6 is 11.8 Å². The molecule has 1 amide bonds. The van der Waals surface area contributed by atoms with E-state index in [-0.39, 0.29) is 11.2 Å². The first-order chi connectivity index (χ1) is 13.6. The molecule has 0 spiro atoms. The molecule has 0 saturated carbocycles. The Morgan fingerprint density at radius 2 is 1.82 bits per heavy atom. The zero-order chi connectivity index (χ0) is 19.9. The maximum Gasteiger partial charge on any atom is 0.242 e. The first-order valence-electron chi connectivity index (χ1n) is 9.49. The van der Waals surface area contributed by atoms with E-state index in [2.05, 4.69) is 22.0 Å². The Balaban J connectivity index is 1.76. The lowest BCUT2D eigenvalue weighted by molar-refractivity contribution is -0.126. The minimum atomic E-state index is -0.0676. The van der Waals surface area contributed by atoms with Crippen LogP contribution in [0.3, 0.4) is 0 Å². The van der Waals surface area contributed by atoms with Gasteiger partial charge in [0.1, 0.15) is 0 Å². The van der Waals surface area contributed by atoms with E-state index in [0.717, 1.165) is 29.7 Å². The van der Waals surface area contributed by atoms with Gasteiger partial charge in [-0.25, -0.2) is 0 Å². The number of hydrogen-bond donors (Lipinski definition) is 0. The molecule has 3 rings (SSSR count). The summed E-state index contributed by atoms with van der Waals surface area (Å²) in [5.74, 6) is 0.125. The van der Waals surface area contributed by atoms with Gasteiger partial charge in [-0.3, -0.25) is 9.69 Å². The summed E-state index contributed by atoms with van der Waals surface area (Å²) in [5.41, 5.74) is 3.20. The van der Waals surface area contributed by atoms with Crippen LogP contribution in [0.2, 0.25) is 0 Å². The molecule has 1 fully saturated rings. The Bertz CT molecular complexity index is 847. The topological polar surface area (TPSA) is 48.3 Å². The van der Waals surface area contributed by atoms with Crippen LogP contribution in [0.25, 0.3) is 0 Å². The number of rotatable bonds is 7. The van der Waals surface area contributed by atoms with Crippen molar-refractivity contribution in [2.45, 2.75) is 31.6 Å². The van der Waals surface area contributed by atoms with Crippen LogP contribution in [0.1, 0.15) is 30.9 Å². The van der Waals surface area contributed by atoms with Crippen LogP contribution in [-0.4, -0.2) is 41.5 Å². The summed E-state index contributed by atoms with van der Waals surface area (Å²) in [6.07, 6.45) is 3.55. The number of nitrogens with zero attached hydrogens (tertiary/aromatic N) is 4. The average Bonchev–Trinajstić information content (AvgIpc) is 2.99. The quantitative estimate of drug-likeness (QED) is 0.517. The van der Waals surface area contributed by atoms with Gasteiger partial charge in [-0.05, 0) is 29.7 Å². The van der Waals surface area contributed by atoms with Crippen molar-refractivity contribution in [3.8, 4) is 0 Å². The van der Waals surface area contributed by atoms with Gasteiger partial charge in [-0.15, -0.1) is 5.10 Å². The van der Waals surface area contributed by atoms with E-state index >= 15 is 0 Å². The molecule has 0 radical (unpaired) electrons. The van der Waals surface area contributed by atoms with Crippen molar-refractivity contribution in [1.29, 1.82) is 0 Å². The van der Waals surface area contributed by atoms with Crippen molar-refractivity contribution in [2.75, 3.05) is 19.0 Å². The molecule has 0 aliphatic carbocycles. The smallest absolute Gasteiger partial charge is 0.242 e. The number of thioether (sulfide) groups is 1. The minimum Gasteiger partial charge on any atom is -0.378 e. The highest BCUT2D eigenvalue weighted by Gasteiger charge is 2.37. The van der Waals surface area contributed by atoms with Crippen LogP contribution in [0.4, 0.5) is 5.69 Å². The standard InChI is InChI=1S/C22H26N4OS/c1-4-8-20-21(27)26(16-18-9-6-5-7-10-18)22(28-20)24-23-15-17-11-13-19(14-12-17)25(2)3/h5-7,9-15,20H,4,8,16H2,1-3H3/b23-15+,24-22-. The molecule has 2 aromatic rings. The van der Waals surface area contributed by atoms with E-state index in [0.29, 0.717) is 11.7 Å². The Morgan fingerprint density at radius 1 is 1.11 bits per heavy atom. The number of hydrogen-bond acceptors (Lipinski definition) is 5. The number of carbonyl (C=O) groups is 1. The molecule has 2 aromatic carbocycles. The van der Waals surface area contributed by atoms with Gasteiger partial charge in [0.2, 0.25) is 5.91 Å². The molecule has 1 aliphatic heterocycles. The third kappa shape index (κ3) is 5.01. The summed E-state index contributed by atoms with van der Waals surface area (Å²) >= 11 is 1.52. The van der Waals surface area contributed by atoms with E-state index < -0.39 is 0 Å². The van der Waals surface area contributed by atoms with E-state index in [4.69, 9.17) is 0 Å². The lowest BCUT2D eigenvalue weighted by atomic mass is 10.2. The Morgan fingerprint density at radius 3 is 2.46 bits per heavy atom. The molecule has 1 atom stereocenters. The van der Waals surface area contributed by atoms with Gasteiger partial charge >= 0.3 is 0 Å². The Kier molecular flexibility index (Phi) is 6.87. The van der Waals surface area contributed by atoms with E-state index in [1.54, 1.807) is 11.1 Å². The summed E-state index contributed by atoms with van der Waals surface area (Å²) in [4.78, 5) is 16.6. The Labute approximate surface area is 171 Å². The lowest BCUT2D eigenvalue weighted by Gasteiger charge is -2.15. The minimum absolute atomic E-state index is 0.0676. The summed E-state index contributed by atoms with van der Waals surface area (Å²) in [6.45, 7) is 2.62. The van der Waals surface area contributed by atoms with Crippen LogP contribution in [0.5, 0.6) is 0 Å². The highest BCUT2D eigenvalue weighted by Crippen LogP contribution is 2.31. The van der Waals surface area contributed by atoms with Crippen LogP contribution in [0, 0.1) is 0 Å². The van der Waals surface area contributed by atoms with Crippen molar-refractivity contribution >= 4 is 34.7 Å². The molecule has 1 aliphatic rings. The number of amidine groups is 1. The normalized spacial score (nSPS) is 18.4. The Hall–Kier alpha value is -2.60. The van der Waals surface area contributed by atoms with Gasteiger partial charge in [0.25, 0.3) is 0 Å². The molecule has 1 unspecified atom stereocenters. The lowest BCUT2D eigenvalue weighted by Crippen LogP contribution is -2.31. The van der Waals surface area contributed by atoms with Crippen molar-refractivity contribution in [1.82, 2.24) is 4.90 Å². The maximum atomic E-state index is 12.8. The molecule has 146 valence electrons. The van der Waals surface area contributed by atoms with Gasteiger partial charge in [0.05, 0.1) is 18.0 Å². The molecule has 28 heavy (non-hydrogen) atoms. The fourth-order valence-corrected chi connectivity index (χ4v) is 4.16. The maximum absolute atomic E-state index is 12.8. The number of amides is 1. The van der Waals surface area contributed by atoms with Crippen molar-refractivity contribution in [3.63, 3.8) is 0 Å². The molecule has 0 bridgehead atoms. The second-order valence-electron chi connectivity index (χ2n) is 6.92. The fraction of sp³-hybridized carbons (Fsp3) is 0.318. The second-order valence-corrected chi connectivity index (χ2v) is 8.09. The summed E-state index contributed by atoms with van der Waals surface area (Å²) in [7, 11) is 4.02. The second kappa shape index (κ2) is 9.55. The van der Waals surface area contributed by atoms with Gasteiger partial charge in [0.15, 0.2) is 5.17 Å². The van der Waals surface area contributed by atoms with Crippen LogP contribution in [0.15, 0.2) is 64.8 Å². The van der Waals surface area contributed by atoms with Crippen LogP contribution < -0.4 is 4.90 Å². The number of anilines is 1. The zero-order valence-electron chi connectivity index (χ0n) is 16.6. The molecule has 0 aromatic heterocycles. The van der Waals surface area contributed by atoms with Crippen molar-refractivity contribution in [2.24, 2.45) is 10.2 Å².